The highest BCUT2D eigenvalue weighted by atomic mass is 32.2. The minimum absolute atomic E-state index is 0.162. The number of rotatable bonds is 4. The topological polar surface area (TPSA) is 35.6 Å². The Morgan fingerprint density at radius 1 is 0.571 bits per heavy atom. The molecular weight excluding hydrogens is 468 g/mol. The van der Waals surface area contributed by atoms with Gasteiger partial charge in [0, 0.05) is 34.7 Å². The summed E-state index contributed by atoms with van der Waals surface area (Å²) in [7, 11) is 0. The zero-order valence-corrected chi connectivity index (χ0v) is 20.5. The molecule has 4 aromatic carbocycles. The average Bonchev–Trinajstić information content (AvgIpc) is 3.67. The largest absolute Gasteiger partial charge is 0.240 e. The van der Waals surface area contributed by atoms with E-state index in [0.29, 0.717) is 0 Å². The van der Waals surface area contributed by atoms with Crippen molar-refractivity contribution in [1.82, 2.24) is 19.6 Å². The van der Waals surface area contributed by atoms with Gasteiger partial charge in [-0.1, -0.05) is 60.7 Å². The number of hydrogen-bond donors (Lipinski definition) is 0. The van der Waals surface area contributed by atoms with Gasteiger partial charge in [0.25, 0.3) is 0 Å². The van der Waals surface area contributed by atoms with E-state index >= 15 is 0 Å². The average molecular weight is 491 g/mol. The second-order valence-electron chi connectivity index (χ2n) is 8.68. The van der Waals surface area contributed by atoms with Crippen molar-refractivity contribution in [2.75, 3.05) is 11.5 Å². The normalized spacial score (nSPS) is 15.2. The van der Waals surface area contributed by atoms with E-state index in [1.165, 1.54) is 11.1 Å². The third-order valence-electron chi connectivity index (χ3n) is 6.50. The highest BCUT2D eigenvalue weighted by molar-refractivity contribution is 8.20. The summed E-state index contributed by atoms with van der Waals surface area (Å²) in [5, 5.41) is 11.9. The minimum atomic E-state index is -0.162. The molecule has 0 radical (unpaired) electrons. The maximum absolute atomic E-state index is 4.81. The van der Waals surface area contributed by atoms with E-state index < -0.39 is 0 Å². The molecule has 1 fully saturated rings. The van der Waals surface area contributed by atoms with Gasteiger partial charge in [-0.2, -0.15) is 10.2 Å². The van der Waals surface area contributed by atoms with Gasteiger partial charge in [-0.3, -0.25) is 0 Å². The Labute approximate surface area is 212 Å². The third-order valence-corrected chi connectivity index (χ3v) is 10.0. The molecule has 6 heteroatoms. The van der Waals surface area contributed by atoms with Crippen molar-refractivity contribution in [3.05, 3.63) is 121 Å². The standard InChI is InChI=1S/C29H22N4S2/c1-3-13-27-21(7-1)19-32(30-27)25-11-5-9-23(17-25)29(34-15-16-35-29)24-10-6-12-26(18-24)33-20-22-8-2-4-14-28(22)31-33/h1-14,17-20H,15-16H2. The number of aromatic nitrogens is 4. The number of thioether (sulfide) groups is 2. The molecule has 0 saturated carbocycles. The van der Waals surface area contributed by atoms with Crippen molar-refractivity contribution >= 4 is 45.3 Å². The van der Waals surface area contributed by atoms with Crippen LogP contribution >= 0.6 is 23.5 Å². The van der Waals surface area contributed by atoms with Crippen LogP contribution < -0.4 is 0 Å². The molecule has 1 saturated heterocycles. The van der Waals surface area contributed by atoms with Crippen molar-refractivity contribution < 1.29 is 0 Å². The van der Waals surface area contributed by atoms with Crippen molar-refractivity contribution in [1.29, 1.82) is 0 Å². The zero-order valence-electron chi connectivity index (χ0n) is 18.9. The van der Waals surface area contributed by atoms with Crippen LogP contribution in [0.4, 0.5) is 0 Å². The van der Waals surface area contributed by atoms with Crippen molar-refractivity contribution in [3.63, 3.8) is 0 Å². The third kappa shape index (κ3) is 3.56. The molecule has 170 valence electrons. The number of benzene rings is 4. The summed E-state index contributed by atoms with van der Waals surface area (Å²) in [6, 6.07) is 34.2. The molecule has 0 spiro atoms. The number of fused-ring (bicyclic) bond motifs is 2. The molecule has 7 rings (SSSR count). The summed E-state index contributed by atoms with van der Waals surface area (Å²) in [4.78, 5) is 0. The molecule has 0 bridgehead atoms. The Bertz CT molecular complexity index is 1490. The van der Waals surface area contributed by atoms with Gasteiger partial charge >= 0.3 is 0 Å². The van der Waals surface area contributed by atoms with E-state index in [1.807, 2.05) is 45.0 Å². The highest BCUT2D eigenvalue weighted by Crippen LogP contribution is 2.56. The van der Waals surface area contributed by atoms with Gasteiger partial charge in [-0.05, 0) is 47.5 Å². The molecular formula is C29H22N4S2. The van der Waals surface area contributed by atoms with Gasteiger partial charge in [-0.15, -0.1) is 23.5 Å². The summed E-state index contributed by atoms with van der Waals surface area (Å²) in [6.45, 7) is 0. The monoisotopic (exact) mass is 490 g/mol. The van der Waals surface area contributed by atoms with E-state index in [-0.39, 0.29) is 4.08 Å². The molecule has 2 aromatic heterocycles. The lowest BCUT2D eigenvalue weighted by atomic mass is 10.0. The van der Waals surface area contributed by atoms with E-state index in [2.05, 4.69) is 97.3 Å². The fraction of sp³-hybridized carbons (Fsp3) is 0.103. The molecule has 0 atom stereocenters. The van der Waals surface area contributed by atoms with Gasteiger partial charge in [0.15, 0.2) is 0 Å². The van der Waals surface area contributed by atoms with E-state index in [9.17, 15) is 0 Å². The van der Waals surface area contributed by atoms with Gasteiger partial charge in [-0.25, -0.2) is 9.36 Å². The Morgan fingerprint density at radius 3 is 1.54 bits per heavy atom. The van der Waals surface area contributed by atoms with Crippen molar-refractivity contribution in [3.8, 4) is 11.4 Å². The molecule has 35 heavy (non-hydrogen) atoms. The lowest BCUT2D eigenvalue weighted by molar-refractivity contribution is 0.886. The minimum Gasteiger partial charge on any atom is -0.240 e. The predicted octanol–water partition coefficient (Wildman–Crippen LogP) is 7.05. The van der Waals surface area contributed by atoms with Gasteiger partial charge in [0.2, 0.25) is 0 Å². The van der Waals surface area contributed by atoms with Crippen LogP contribution in [-0.4, -0.2) is 31.1 Å². The first-order valence-corrected chi connectivity index (χ1v) is 13.6. The summed E-state index contributed by atoms with van der Waals surface area (Å²) < 4.78 is 3.83. The molecule has 0 aliphatic carbocycles. The summed E-state index contributed by atoms with van der Waals surface area (Å²) in [5.74, 6) is 2.24. The molecule has 1 aliphatic rings. The smallest absolute Gasteiger partial charge is 0.111 e. The SMILES string of the molecule is c1cc(-n2cc3ccccc3n2)cc(C2(c3cccc(-n4cc5ccccc5n4)c3)SCCS2)c1. The van der Waals surface area contributed by atoms with Gasteiger partial charge in [0.1, 0.15) is 4.08 Å². The van der Waals surface area contributed by atoms with E-state index in [0.717, 1.165) is 44.7 Å². The van der Waals surface area contributed by atoms with Crippen molar-refractivity contribution in [2.45, 2.75) is 4.08 Å². The van der Waals surface area contributed by atoms with E-state index in [4.69, 9.17) is 10.2 Å². The van der Waals surface area contributed by atoms with Gasteiger partial charge in [0.05, 0.1) is 22.4 Å². The Balaban J connectivity index is 1.32. The maximum atomic E-state index is 4.81. The van der Waals surface area contributed by atoms with Gasteiger partial charge < -0.3 is 0 Å². The van der Waals surface area contributed by atoms with Crippen LogP contribution in [0.15, 0.2) is 109 Å². The second-order valence-corrected chi connectivity index (χ2v) is 11.6. The molecule has 3 heterocycles. The van der Waals surface area contributed by atoms with Crippen LogP contribution in [0, 0.1) is 0 Å². The molecule has 1 aliphatic heterocycles. The molecule has 6 aromatic rings. The lowest BCUT2D eigenvalue weighted by Gasteiger charge is -2.29. The van der Waals surface area contributed by atoms with Crippen LogP contribution in [0.5, 0.6) is 0 Å². The highest BCUT2D eigenvalue weighted by Gasteiger charge is 2.39. The lowest BCUT2D eigenvalue weighted by Crippen LogP contribution is -2.17. The van der Waals surface area contributed by atoms with E-state index in [1.54, 1.807) is 0 Å². The summed E-state index contributed by atoms with van der Waals surface area (Å²) >= 11 is 4.03. The first-order valence-electron chi connectivity index (χ1n) is 11.7. The quantitative estimate of drug-likeness (QED) is 0.265. The number of hydrogen-bond acceptors (Lipinski definition) is 4. The predicted molar refractivity (Wildman–Crippen MR) is 148 cm³/mol. The van der Waals surface area contributed by atoms with Crippen LogP contribution in [0.3, 0.4) is 0 Å². The fourth-order valence-electron chi connectivity index (χ4n) is 4.81. The molecule has 4 nitrogen and oxygen atoms in total. The van der Waals surface area contributed by atoms with Crippen LogP contribution in [0.2, 0.25) is 0 Å². The summed E-state index contributed by atoms with van der Waals surface area (Å²) in [5.41, 5.74) is 6.78. The van der Waals surface area contributed by atoms with Crippen LogP contribution in [-0.2, 0) is 4.08 Å². The molecule has 0 amide bonds. The Kier molecular flexibility index (Phi) is 4.96. The van der Waals surface area contributed by atoms with Crippen LogP contribution in [0.25, 0.3) is 33.2 Å². The Morgan fingerprint density at radius 2 is 1.06 bits per heavy atom. The number of nitrogens with zero attached hydrogens (tertiary/aromatic N) is 4. The fourth-order valence-corrected chi connectivity index (χ4v) is 8.06. The Hall–Kier alpha value is -3.48. The maximum Gasteiger partial charge on any atom is 0.111 e. The van der Waals surface area contributed by atoms with Crippen molar-refractivity contribution in [2.24, 2.45) is 0 Å². The summed E-state index contributed by atoms with van der Waals surface area (Å²) in [6.07, 6.45) is 4.22. The molecule has 0 unspecified atom stereocenters. The second kappa shape index (κ2) is 8.33. The zero-order chi connectivity index (χ0) is 23.2. The van der Waals surface area contributed by atoms with Crippen LogP contribution in [0.1, 0.15) is 11.1 Å². The first-order chi connectivity index (χ1) is 17.3. The molecule has 0 N–H and O–H groups in total. The first kappa shape index (κ1) is 20.9.